The Labute approximate surface area is 185 Å². The van der Waals surface area contributed by atoms with E-state index < -0.39 is 6.09 Å². The van der Waals surface area contributed by atoms with Gasteiger partial charge >= 0.3 is 6.09 Å². The van der Waals surface area contributed by atoms with Crippen molar-refractivity contribution in [2.75, 3.05) is 24.5 Å². The van der Waals surface area contributed by atoms with Gasteiger partial charge in [-0.15, -0.1) is 0 Å². The number of pyridine rings is 1. The lowest BCUT2D eigenvalue weighted by Crippen LogP contribution is -2.51. The smallest absolute Gasteiger partial charge is 0.410 e. The van der Waals surface area contributed by atoms with Gasteiger partial charge in [-0.1, -0.05) is 0 Å². The Bertz CT molecular complexity index is 1180. The molecule has 2 N–H and O–H groups in total. The number of aromatic amines is 1. The average molecular weight is 429 g/mol. The molecule has 0 aliphatic carbocycles. The van der Waals surface area contributed by atoms with Crippen LogP contribution >= 0.6 is 0 Å². The third-order valence-corrected chi connectivity index (χ3v) is 5.97. The van der Waals surface area contributed by atoms with E-state index >= 15 is 0 Å². The molecule has 1 fully saturated rings. The Morgan fingerprint density at radius 1 is 1.25 bits per heavy atom. The second kappa shape index (κ2) is 8.32. The summed E-state index contributed by atoms with van der Waals surface area (Å²) in [6.45, 7) is 6.10. The Morgan fingerprint density at radius 3 is 2.94 bits per heavy atom. The Kier molecular flexibility index (Phi) is 5.21. The van der Waals surface area contributed by atoms with Crippen LogP contribution in [0.1, 0.15) is 23.6 Å². The highest BCUT2D eigenvalue weighted by molar-refractivity contribution is 5.74. The molecular formula is C23H23N7O2. The SMILES string of the molecule is CC1CN(Cc2cn[nH]c2-c2ccc3c(c2)CNC(=O)O3)CCN1c1ccc(C#N)cn1. The zero-order chi connectivity index (χ0) is 22.1. The number of anilines is 1. The Balaban J connectivity index is 1.28. The van der Waals surface area contributed by atoms with Gasteiger partial charge in [-0.3, -0.25) is 10.00 Å². The number of carbonyl (C=O) groups excluding carboxylic acids is 1. The molecular weight excluding hydrogens is 406 g/mol. The maximum absolute atomic E-state index is 11.4. The van der Waals surface area contributed by atoms with Crippen molar-refractivity contribution in [1.29, 1.82) is 5.26 Å². The quantitative estimate of drug-likeness (QED) is 0.656. The minimum Gasteiger partial charge on any atom is -0.410 e. The van der Waals surface area contributed by atoms with E-state index in [-0.39, 0.29) is 0 Å². The topological polar surface area (TPSA) is 110 Å². The number of amides is 1. The molecule has 9 heteroatoms. The molecule has 5 rings (SSSR count). The van der Waals surface area contributed by atoms with Gasteiger partial charge in [0.15, 0.2) is 0 Å². The van der Waals surface area contributed by atoms with Gasteiger partial charge < -0.3 is 15.0 Å². The minimum absolute atomic E-state index is 0.295. The van der Waals surface area contributed by atoms with Crippen LogP contribution < -0.4 is 15.0 Å². The highest BCUT2D eigenvalue weighted by Crippen LogP contribution is 2.30. The van der Waals surface area contributed by atoms with Crippen LogP contribution in [0.15, 0.2) is 42.7 Å². The van der Waals surface area contributed by atoms with Crippen LogP contribution in [-0.2, 0) is 13.1 Å². The number of fused-ring (bicyclic) bond motifs is 1. The second-order valence-corrected chi connectivity index (χ2v) is 8.13. The van der Waals surface area contributed by atoms with E-state index in [9.17, 15) is 4.79 Å². The van der Waals surface area contributed by atoms with Crippen molar-refractivity contribution < 1.29 is 9.53 Å². The number of rotatable bonds is 4. The number of benzene rings is 1. The van der Waals surface area contributed by atoms with Gasteiger partial charge in [0, 0.05) is 61.7 Å². The van der Waals surface area contributed by atoms with E-state index in [1.165, 1.54) is 0 Å². The number of aromatic nitrogens is 3. The number of carbonyl (C=O) groups is 1. The summed E-state index contributed by atoms with van der Waals surface area (Å²) in [6.07, 6.45) is 3.09. The maximum atomic E-state index is 11.4. The summed E-state index contributed by atoms with van der Waals surface area (Å²) in [5, 5.41) is 19.1. The van der Waals surface area contributed by atoms with E-state index in [0.29, 0.717) is 23.9 Å². The summed E-state index contributed by atoms with van der Waals surface area (Å²) in [7, 11) is 0. The molecule has 2 aromatic heterocycles. The van der Waals surface area contributed by atoms with E-state index in [0.717, 1.165) is 54.4 Å². The van der Waals surface area contributed by atoms with Crippen LogP contribution in [0.2, 0.25) is 0 Å². The molecule has 32 heavy (non-hydrogen) atoms. The number of ether oxygens (including phenoxy) is 1. The molecule has 2 aliphatic rings. The lowest BCUT2D eigenvalue weighted by Gasteiger charge is -2.40. The van der Waals surface area contributed by atoms with Gasteiger partial charge in [-0.05, 0) is 37.3 Å². The number of nitrogens with zero attached hydrogens (tertiary/aromatic N) is 5. The van der Waals surface area contributed by atoms with Crippen molar-refractivity contribution in [2.45, 2.75) is 26.1 Å². The molecule has 0 radical (unpaired) electrons. The highest BCUT2D eigenvalue weighted by Gasteiger charge is 2.26. The van der Waals surface area contributed by atoms with Gasteiger partial charge in [0.05, 0.1) is 17.5 Å². The predicted octanol–water partition coefficient (Wildman–Crippen LogP) is 2.66. The molecule has 1 amide bonds. The summed E-state index contributed by atoms with van der Waals surface area (Å²) in [5.74, 6) is 1.50. The van der Waals surface area contributed by atoms with Gasteiger partial charge in [0.25, 0.3) is 0 Å². The number of hydrogen-bond donors (Lipinski definition) is 2. The van der Waals surface area contributed by atoms with Crippen molar-refractivity contribution in [3.8, 4) is 23.1 Å². The normalized spacial score (nSPS) is 18.4. The van der Waals surface area contributed by atoms with Crippen LogP contribution in [0.25, 0.3) is 11.3 Å². The molecule has 162 valence electrons. The molecule has 1 aromatic carbocycles. The van der Waals surface area contributed by atoms with E-state index in [1.807, 2.05) is 36.5 Å². The van der Waals surface area contributed by atoms with Crippen LogP contribution in [0, 0.1) is 11.3 Å². The largest absolute Gasteiger partial charge is 0.412 e. The zero-order valence-electron chi connectivity index (χ0n) is 17.7. The van der Waals surface area contributed by atoms with Gasteiger partial charge in [0.2, 0.25) is 0 Å². The monoisotopic (exact) mass is 429 g/mol. The summed E-state index contributed by atoms with van der Waals surface area (Å²) in [4.78, 5) is 20.6. The molecule has 4 heterocycles. The molecule has 1 saturated heterocycles. The lowest BCUT2D eigenvalue weighted by atomic mass is 10.0. The average Bonchev–Trinajstić information content (AvgIpc) is 3.27. The minimum atomic E-state index is -0.419. The first kappa shape index (κ1) is 20.0. The Morgan fingerprint density at radius 2 is 2.16 bits per heavy atom. The van der Waals surface area contributed by atoms with Crippen molar-refractivity contribution in [3.05, 3.63) is 59.4 Å². The fourth-order valence-electron chi connectivity index (χ4n) is 4.34. The fraction of sp³-hybridized carbons (Fsp3) is 0.304. The third-order valence-electron chi connectivity index (χ3n) is 5.97. The first-order valence-electron chi connectivity index (χ1n) is 10.6. The number of hydrogen-bond acceptors (Lipinski definition) is 7. The molecule has 0 saturated carbocycles. The van der Waals surface area contributed by atoms with Gasteiger partial charge in [-0.2, -0.15) is 10.4 Å². The van der Waals surface area contributed by atoms with Crippen LogP contribution in [0.5, 0.6) is 5.75 Å². The summed E-state index contributed by atoms with van der Waals surface area (Å²) in [5.41, 5.74) is 4.64. The van der Waals surface area contributed by atoms with Crippen LogP contribution in [-0.4, -0.2) is 51.9 Å². The highest BCUT2D eigenvalue weighted by atomic mass is 16.6. The number of nitrogens with one attached hydrogen (secondary N) is 2. The molecule has 3 aromatic rings. The molecule has 1 unspecified atom stereocenters. The molecule has 2 aliphatic heterocycles. The summed E-state index contributed by atoms with van der Waals surface area (Å²) < 4.78 is 5.22. The van der Waals surface area contributed by atoms with Gasteiger partial charge in [0.1, 0.15) is 17.6 Å². The second-order valence-electron chi connectivity index (χ2n) is 8.13. The molecule has 0 spiro atoms. The number of H-pyrrole nitrogens is 1. The summed E-state index contributed by atoms with van der Waals surface area (Å²) >= 11 is 0. The maximum Gasteiger partial charge on any atom is 0.412 e. The predicted molar refractivity (Wildman–Crippen MR) is 118 cm³/mol. The molecule has 9 nitrogen and oxygen atoms in total. The van der Waals surface area contributed by atoms with E-state index in [2.05, 4.69) is 43.3 Å². The fourth-order valence-corrected chi connectivity index (χ4v) is 4.34. The van der Waals surface area contributed by atoms with Gasteiger partial charge in [-0.25, -0.2) is 9.78 Å². The third kappa shape index (κ3) is 3.88. The van der Waals surface area contributed by atoms with Crippen molar-refractivity contribution in [3.63, 3.8) is 0 Å². The Hall–Kier alpha value is -3.90. The van der Waals surface area contributed by atoms with E-state index in [4.69, 9.17) is 10.00 Å². The summed E-state index contributed by atoms with van der Waals surface area (Å²) in [6, 6.07) is 12.0. The van der Waals surface area contributed by atoms with Crippen LogP contribution in [0.3, 0.4) is 0 Å². The lowest BCUT2D eigenvalue weighted by molar-refractivity contribution is 0.194. The van der Waals surface area contributed by atoms with Crippen molar-refractivity contribution in [2.24, 2.45) is 0 Å². The first-order chi connectivity index (χ1) is 15.6. The standard InChI is InChI=1S/C23H23N7O2/c1-15-13-29(6-7-30(15)21-5-2-16(9-24)10-25-21)14-19-12-27-28-22(19)17-3-4-20-18(8-17)11-26-23(31)32-20/h2-5,8,10,12,15H,6-7,11,13-14H2,1H3,(H,26,31)(H,27,28). The first-order valence-corrected chi connectivity index (χ1v) is 10.6. The van der Waals surface area contributed by atoms with E-state index in [1.54, 1.807) is 6.20 Å². The number of nitriles is 1. The molecule has 1 atom stereocenters. The zero-order valence-corrected chi connectivity index (χ0v) is 17.7. The molecule has 0 bridgehead atoms. The van der Waals surface area contributed by atoms with Crippen LogP contribution in [0.4, 0.5) is 10.6 Å². The van der Waals surface area contributed by atoms with Crippen molar-refractivity contribution in [1.82, 2.24) is 25.4 Å². The van der Waals surface area contributed by atoms with Crippen molar-refractivity contribution >= 4 is 11.9 Å². The number of piperazine rings is 1.